The van der Waals surface area contributed by atoms with Gasteiger partial charge in [0.15, 0.2) is 5.75 Å². The first-order valence-electron chi connectivity index (χ1n) is 8.22. The molecule has 0 aliphatic heterocycles. The van der Waals surface area contributed by atoms with Gasteiger partial charge in [0.1, 0.15) is 11.5 Å². The number of anilines is 1. The third kappa shape index (κ3) is 6.45. The van der Waals surface area contributed by atoms with Crippen molar-refractivity contribution in [3.8, 4) is 17.2 Å². The minimum atomic E-state index is -0.140. The number of para-hydroxylation sites is 2. The summed E-state index contributed by atoms with van der Waals surface area (Å²) in [5.74, 6) is 1.90. The molecule has 2 aromatic carbocycles. The summed E-state index contributed by atoms with van der Waals surface area (Å²) in [6, 6.07) is 14.7. The largest absolute Gasteiger partial charge is 0.494 e. The summed E-state index contributed by atoms with van der Waals surface area (Å²) < 4.78 is 16.2. The number of nitrogens with one attached hydrogen (secondary N) is 2. The van der Waals surface area contributed by atoms with E-state index in [-0.39, 0.29) is 12.5 Å². The van der Waals surface area contributed by atoms with E-state index in [1.165, 1.54) is 0 Å². The molecule has 25 heavy (non-hydrogen) atoms. The molecule has 6 heteroatoms. The summed E-state index contributed by atoms with van der Waals surface area (Å²) in [7, 11) is 1.62. The van der Waals surface area contributed by atoms with E-state index in [0.29, 0.717) is 36.9 Å². The van der Waals surface area contributed by atoms with Gasteiger partial charge >= 0.3 is 0 Å². The molecule has 0 atom stereocenters. The predicted molar refractivity (Wildman–Crippen MR) is 97.5 cm³/mol. The number of ether oxygens (including phenoxy) is 3. The average Bonchev–Trinajstić information content (AvgIpc) is 2.62. The molecule has 0 saturated carbocycles. The maximum atomic E-state index is 12.0. The van der Waals surface area contributed by atoms with E-state index >= 15 is 0 Å². The van der Waals surface area contributed by atoms with Crippen LogP contribution in [-0.2, 0) is 9.53 Å². The summed E-state index contributed by atoms with van der Waals surface area (Å²) >= 11 is 0. The van der Waals surface area contributed by atoms with Crippen LogP contribution in [0.25, 0.3) is 0 Å². The van der Waals surface area contributed by atoms with Crippen molar-refractivity contribution in [1.82, 2.24) is 5.32 Å². The van der Waals surface area contributed by atoms with Crippen molar-refractivity contribution in [2.24, 2.45) is 0 Å². The number of amides is 1. The summed E-state index contributed by atoms with van der Waals surface area (Å²) in [5, 5.41) is 5.85. The molecule has 2 aromatic rings. The van der Waals surface area contributed by atoms with Crippen molar-refractivity contribution in [2.45, 2.75) is 6.92 Å². The molecule has 0 fully saturated rings. The number of hydrogen-bond acceptors (Lipinski definition) is 5. The fraction of sp³-hybridized carbons (Fsp3) is 0.316. The molecule has 0 aliphatic rings. The molecule has 0 bridgehead atoms. The number of carbonyl (C=O) groups is 1. The molecule has 0 aromatic heterocycles. The highest BCUT2D eigenvalue weighted by Crippen LogP contribution is 2.30. The maximum absolute atomic E-state index is 12.0. The fourth-order valence-corrected chi connectivity index (χ4v) is 2.13. The lowest BCUT2D eigenvalue weighted by atomic mass is 10.2. The Morgan fingerprint density at radius 1 is 1.04 bits per heavy atom. The SMILES string of the molecule is CCOc1ccc(Oc2ccccc2NC(=O)CNCCOC)cc1. The molecular formula is C19H24N2O4. The third-order valence-electron chi connectivity index (χ3n) is 3.29. The molecule has 0 radical (unpaired) electrons. The van der Waals surface area contributed by atoms with Crippen LogP contribution in [0.3, 0.4) is 0 Å². The zero-order valence-electron chi connectivity index (χ0n) is 14.6. The lowest BCUT2D eigenvalue weighted by Gasteiger charge is -2.13. The number of benzene rings is 2. The van der Waals surface area contributed by atoms with Gasteiger partial charge in [-0.25, -0.2) is 0 Å². The monoisotopic (exact) mass is 344 g/mol. The Bertz CT molecular complexity index is 659. The highest BCUT2D eigenvalue weighted by molar-refractivity contribution is 5.93. The van der Waals surface area contributed by atoms with Gasteiger partial charge in [0, 0.05) is 13.7 Å². The molecule has 0 heterocycles. The molecule has 0 saturated heterocycles. The van der Waals surface area contributed by atoms with Crippen LogP contribution in [0.4, 0.5) is 5.69 Å². The first-order valence-corrected chi connectivity index (χ1v) is 8.22. The van der Waals surface area contributed by atoms with Gasteiger partial charge in [0.05, 0.1) is 25.4 Å². The Kier molecular flexibility index (Phi) is 7.75. The van der Waals surface area contributed by atoms with Crippen LogP contribution in [0.1, 0.15) is 6.92 Å². The minimum absolute atomic E-state index is 0.140. The van der Waals surface area contributed by atoms with Crippen LogP contribution in [-0.4, -0.2) is 39.3 Å². The van der Waals surface area contributed by atoms with Crippen molar-refractivity contribution >= 4 is 11.6 Å². The van der Waals surface area contributed by atoms with Crippen LogP contribution >= 0.6 is 0 Å². The Balaban J connectivity index is 1.96. The van der Waals surface area contributed by atoms with Crippen LogP contribution in [0.15, 0.2) is 48.5 Å². The Labute approximate surface area is 148 Å². The van der Waals surface area contributed by atoms with E-state index < -0.39 is 0 Å². The fourth-order valence-electron chi connectivity index (χ4n) is 2.13. The van der Waals surface area contributed by atoms with Gasteiger partial charge in [-0.15, -0.1) is 0 Å². The van der Waals surface area contributed by atoms with E-state index in [4.69, 9.17) is 14.2 Å². The van der Waals surface area contributed by atoms with Gasteiger partial charge in [-0.1, -0.05) is 12.1 Å². The standard InChI is InChI=1S/C19H24N2O4/c1-3-24-15-8-10-16(11-9-15)25-18-7-5-4-6-17(18)21-19(22)14-20-12-13-23-2/h4-11,20H,3,12-14H2,1-2H3,(H,21,22). The van der Waals surface area contributed by atoms with Gasteiger partial charge in [-0.05, 0) is 43.3 Å². The molecule has 0 spiro atoms. The van der Waals surface area contributed by atoms with Crippen LogP contribution < -0.4 is 20.1 Å². The molecular weight excluding hydrogens is 320 g/mol. The highest BCUT2D eigenvalue weighted by Gasteiger charge is 2.08. The lowest BCUT2D eigenvalue weighted by Crippen LogP contribution is -2.30. The van der Waals surface area contributed by atoms with E-state index in [9.17, 15) is 4.79 Å². The Morgan fingerprint density at radius 2 is 1.76 bits per heavy atom. The van der Waals surface area contributed by atoms with Crippen molar-refractivity contribution < 1.29 is 19.0 Å². The van der Waals surface area contributed by atoms with E-state index in [2.05, 4.69) is 10.6 Å². The van der Waals surface area contributed by atoms with Crippen LogP contribution in [0.5, 0.6) is 17.2 Å². The molecule has 2 N–H and O–H groups in total. The normalized spacial score (nSPS) is 10.3. The van der Waals surface area contributed by atoms with Crippen molar-refractivity contribution in [3.05, 3.63) is 48.5 Å². The van der Waals surface area contributed by atoms with E-state index in [1.807, 2.05) is 49.4 Å². The van der Waals surface area contributed by atoms with Gasteiger partial charge in [-0.3, -0.25) is 4.79 Å². The first-order chi connectivity index (χ1) is 12.2. The molecule has 1 amide bonds. The number of carbonyl (C=O) groups excluding carboxylic acids is 1. The van der Waals surface area contributed by atoms with E-state index in [1.54, 1.807) is 13.2 Å². The van der Waals surface area contributed by atoms with E-state index in [0.717, 1.165) is 5.75 Å². The summed E-state index contributed by atoms with van der Waals surface area (Å²) in [5.41, 5.74) is 0.620. The molecule has 6 nitrogen and oxygen atoms in total. The second-order valence-electron chi connectivity index (χ2n) is 5.22. The summed E-state index contributed by atoms with van der Waals surface area (Å²) in [6.45, 7) is 3.95. The van der Waals surface area contributed by atoms with Crippen molar-refractivity contribution in [3.63, 3.8) is 0 Å². The number of rotatable bonds is 10. The van der Waals surface area contributed by atoms with Crippen molar-refractivity contribution in [1.29, 1.82) is 0 Å². The van der Waals surface area contributed by atoms with Gasteiger partial charge < -0.3 is 24.8 Å². The third-order valence-corrected chi connectivity index (χ3v) is 3.29. The first kappa shape index (κ1) is 18.8. The van der Waals surface area contributed by atoms with Gasteiger partial charge in [0.25, 0.3) is 0 Å². The molecule has 134 valence electrons. The second kappa shape index (κ2) is 10.3. The maximum Gasteiger partial charge on any atom is 0.238 e. The zero-order chi connectivity index (χ0) is 17.9. The predicted octanol–water partition coefficient (Wildman–Crippen LogP) is 3.05. The van der Waals surface area contributed by atoms with Crippen molar-refractivity contribution in [2.75, 3.05) is 38.7 Å². The quantitative estimate of drug-likeness (QED) is 0.648. The lowest BCUT2D eigenvalue weighted by molar-refractivity contribution is -0.115. The van der Waals surface area contributed by atoms with Gasteiger partial charge in [0.2, 0.25) is 5.91 Å². The Morgan fingerprint density at radius 3 is 2.48 bits per heavy atom. The number of hydrogen-bond donors (Lipinski definition) is 2. The Hall–Kier alpha value is -2.57. The average molecular weight is 344 g/mol. The van der Waals surface area contributed by atoms with Crippen LogP contribution in [0.2, 0.25) is 0 Å². The summed E-state index contributed by atoms with van der Waals surface area (Å²) in [6.07, 6.45) is 0. The number of methoxy groups -OCH3 is 1. The molecule has 0 unspecified atom stereocenters. The summed E-state index contributed by atoms with van der Waals surface area (Å²) in [4.78, 5) is 12.0. The van der Waals surface area contributed by atoms with Crippen LogP contribution in [0, 0.1) is 0 Å². The smallest absolute Gasteiger partial charge is 0.238 e. The second-order valence-corrected chi connectivity index (χ2v) is 5.22. The molecule has 0 aliphatic carbocycles. The zero-order valence-corrected chi connectivity index (χ0v) is 14.6. The topological polar surface area (TPSA) is 68.8 Å². The molecule has 2 rings (SSSR count). The highest BCUT2D eigenvalue weighted by atomic mass is 16.5. The van der Waals surface area contributed by atoms with Gasteiger partial charge in [-0.2, -0.15) is 0 Å². The minimum Gasteiger partial charge on any atom is -0.494 e.